The molecule has 0 saturated carbocycles. The third-order valence-corrected chi connectivity index (χ3v) is 4.77. The number of rotatable bonds is 5. The number of aromatic nitrogens is 2. The number of hydrogen-bond donors (Lipinski definition) is 1. The molecule has 1 amide bonds. The van der Waals surface area contributed by atoms with Gasteiger partial charge in [0.2, 0.25) is 5.43 Å². The minimum atomic E-state index is -4.60. The van der Waals surface area contributed by atoms with E-state index in [0.717, 1.165) is 22.4 Å². The minimum Gasteiger partial charge on any atom is -0.350 e. The van der Waals surface area contributed by atoms with Gasteiger partial charge in [0.25, 0.3) is 5.91 Å². The van der Waals surface area contributed by atoms with Crippen LogP contribution in [0.25, 0.3) is 5.69 Å². The maximum Gasteiger partial charge on any atom is 0.418 e. The summed E-state index contributed by atoms with van der Waals surface area (Å²) in [4.78, 5) is 24.5. The first-order valence-corrected chi connectivity index (χ1v) is 9.28. The van der Waals surface area contributed by atoms with E-state index in [1.165, 1.54) is 36.5 Å². The smallest absolute Gasteiger partial charge is 0.350 e. The van der Waals surface area contributed by atoms with Crippen LogP contribution >= 0.6 is 11.3 Å². The molecule has 5 nitrogen and oxygen atoms in total. The molecule has 2 heterocycles. The number of para-hydroxylation sites is 1. The highest BCUT2D eigenvalue weighted by Gasteiger charge is 2.34. The number of nitrogens with one attached hydrogen (secondary N) is 1. The van der Waals surface area contributed by atoms with E-state index in [4.69, 9.17) is 0 Å². The molecule has 0 atom stereocenters. The van der Waals surface area contributed by atoms with Gasteiger partial charge in [-0.1, -0.05) is 12.1 Å². The van der Waals surface area contributed by atoms with Crippen molar-refractivity contribution in [3.05, 3.63) is 79.9 Å². The number of carbonyl (C=O) groups is 1. The molecule has 0 aliphatic heterocycles. The predicted molar refractivity (Wildman–Crippen MR) is 99.9 cm³/mol. The van der Waals surface area contributed by atoms with Gasteiger partial charge in [-0.2, -0.15) is 29.6 Å². The van der Waals surface area contributed by atoms with Crippen LogP contribution in [0.1, 0.15) is 27.3 Å². The molecule has 0 saturated heterocycles. The average Bonchev–Trinajstić information content (AvgIpc) is 3.14. The highest BCUT2D eigenvalue weighted by atomic mass is 32.1. The van der Waals surface area contributed by atoms with E-state index in [1.807, 2.05) is 16.8 Å². The van der Waals surface area contributed by atoms with Crippen molar-refractivity contribution in [2.24, 2.45) is 0 Å². The lowest BCUT2D eigenvalue weighted by atomic mass is 10.1. The summed E-state index contributed by atoms with van der Waals surface area (Å²) in [7, 11) is 0. The number of halogens is 3. The van der Waals surface area contributed by atoms with Gasteiger partial charge in [0, 0.05) is 18.3 Å². The van der Waals surface area contributed by atoms with Gasteiger partial charge < -0.3 is 5.32 Å². The number of nitrogens with zero attached hydrogens (tertiary/aromatic N) is 2. The van der Waals surface area contributed by atoms with Gasteiger partial charge >= 0.3 is 6.18 Å². The van der Waals surface area contributed by atoms with Crippen LogP contribution in [0.3, 0.4) is 0 Å². The van der Waals surface area contributed by atoms with Crippen LogP contribution in [0.5, 0.6) is 0 Å². The summed E-state index contributed by atoms with van der Waals surface area (Å²) in [6.45, 7) is 1.74. The van der Waals surface area contributed by atoms with E-state index in [2.05, 4.69) is 10.4 Å². The molecule has 3 rings (SSSR count). The van der Waals surface area contributed by atoms with Gasteiger partial charge in [0.15, 0.2) is 5.69 Å². The summed E-state index contributed by atoms with van der Waals surface area (Å²) in [5, 5.41) is 10.4. The van der Waals surface area contributed by atoms with Crippen LogP contribution < -0.4 is 10.7 Å². The van der Waals surface area contributed by atoms with Gasteiger partial charge in [0.1, 0.15) is 0 Å². The zero-order valence-electron chi connectivity index (χ0n) is 14.8. The molecular formula is C19H16F3N3O2S. The second kappa shape index (κ2) is 7.97. The molecule has 0 fully saturated rings. The van der Waals surface area contributed by atoms with Crippen molar-refractivity contribution < 1.29 is 18.0 Å². The first-order valence-electron chi connectivity index (χ1n) is 8.34. The summed E-state index contributed by atoms with van der Waals surface area (Å²) in [5.41, 5.74) is -1.02. The van der Waals surface area contributed by atoms with E-state index in [1.54, 1.807) is 0 Å². The van der Waals surface area contributed by atoms with Crippen LogP contribution in [0.2, 0.25) is 0 Å². The Hall–Kier alpha value is -2.94. The molecule has 28 heavy (non-hydrogen) atoms. The van der Waals surface area contributed by atoms with Gasteiger partial charge in [-0.25, -0.2) is 4.68 Å². The first-order chi connectivity index (χ1) is 13.3. The number of thiophene rings is 1. The number of benzene rings is 1. The fraction of sp³-hybridized carbons (Fsp3) is 0.211. The van der Waals surface area contributed by atoms with Crippen LogP contribution in [0.15, 0.2) is 52.0 Å². The van der Waals surface area contributed by atoms with Gasteiger partial charge in [0.05, 0.1) is 11.3 Å². The molecule has 1 N–H and O–H groups in total. The average molecular weight is 407 g/mol. The Balaban J connectivity index is 1.91. The van der Waals surface area contributed by atoms with Crippen molar-refractivity contribution in [2.75, 3.05) is 6.54 Å². The van der Waals surface area contributed by atoms with Crippen LogP contribution in [-0.4, -0.2) is 22.2 Å². The number of aryl methyl sites for hydroxylation is 1. The second-order valence-corrected chi connectivity index (χ2v) is 6.84. The summed E-state index contributed by atoms with van der Waals surface area (Å²) in [6.07, 6.45) is -4.02. The normalized spacial score (nSPS) is 11.4. The molecule has 0 bridgehead atoms. The van der Waals surface area contributed by atoms with E-state index < -0.39 is 28.8 Å². The minimum absolute atomic E-state index is 0.191. The lowest BCUT2D eigenvalue weighted by Gasteiger charge is -2.16. The standard InChI is InChI=1S/C19H16F3N3O2S/c1-12-10-16(26)17(18(27)23-8-6-13-7-9-28-11-13)24-25(12)15-5-3-2-4-14(15)19(20,21)22/h2-5,7,9-11H,6,8H2,1H3,(H,23,27). The molecule has 0 unspecified atom stereocenters. The number of hydrogen-bond acceptors (Lipinski definition) is 4. The highest BCUT2D eigenvalue weighted by Crippen LogP contribution is 2.33. The SMILES string of the molecule is Cc1cc(=O)c(C(=O)NCCc2ccsc2)nn1-c1ccccc1C(F)(F)F. The molecule has 9 heteroatoms. The fourth-order valence-corrected chi connectivity index (χ4v) is 3.39. The molecule has 0 aliphatic carbocycles. The quantitative estimate of drug-likeness (QED) is 0.703. The predicted octanol–water partition coefficient (Wildman–Crippen LogP) is 3.59. The number of alkyl halides is 3. The lowest BCUT2D eigenvalue weighted by Crippen LogP contribution is -2.33. The Morgan fingerprint density at radius 3 is 2.68 bits per heavy atom. The summed E-state index contributed by atoms with van der Waals surface area (Å²) >= 11 is 1.53. The van der Waals surface area contributed by atoms with Crippen LogP contribution in [-0.2, 0) is 12.6 Å². The van der Waals surface area contributed by atoms with E-state index in [9.17, 15) is 22.8 Å². The first kappa shape index (κ1) is 19.8. The maximum atomic E-state index is 13.3. The van der Waals surface area contributed by atoms with Crippen molar-refractivity contribution in [3.63, 3.8) is 0 Å². The Morgan fingerprint density at radius 2 is 2.00 bits per heavy atom. The molecular weight excluding hydrogens is 391 g/mol. The molecule has 0 spiro atoms. The van der Waals surface area contributed by atoms with Gasteiger partial charge in [-0.15, -0.1) is 0 Å². The van der Waals surface area contributed by atoms with Crippen molar-refractivity contribution in [3.8, 4) is 5.69 Å². The van der Waals surface area contributed by atoms with E-state index in [-0.39, 0.29) is 17.9 Å². The van der Waals surface area contributed by atoms with E-state index >= 15 is 0 Å². The molecule has 2 aromatic heterocycles. The Bertz CT molecular complexity index is 1040. The number of carbonyl (C=O) groups excluding carboxylic acids is 1. The molecule has 0 radical (unpaired) electrons. The maximum absolute atomic E-state index is 13.3. The second-order valence-electron chi connectivity index (χ2n) is 6.06. The molecule has 3 aromatic rings. The Morgan fingerprint density at radius 1 is 1.25 bits per heavy atom. The topological polar surface area (TPSA) is 64.0 Å². The van der Waals surface area contributed by atoms with Crippen LogP contribution in [0, 0.1) is 6.92 Å². The Kier molecular flexibility index (Phi) is 5.64. The van der Waals surface area contributed by atoms with Gasteiger partial charge in [-0.05, 0) is 47.9 Å². The summed E-state index contributed by atoms with van der Waals surface area (Å²) < 4.78 is 40.9. The fourth-order valence-electron chi connectivity index (χ4n) is 2.69. The number of amides is 1. The third-order valence-electron chi connectivity index (χ3n) is 4.04. The van der Waals surface area contributed by atoms with Crippen molar-refractivity contribution >= 4 is 17.2 Å². The van der Waals surface area contributed by atoms with Crippen molar-refractivity contribution in [1.29, 1.82) is 0 Å². The van der Waals surface area contributed by atoms with Gasteiger partial charge in [-0.3, -0.25) is 9.59 Å². The van der Waals surface area contributed by atoms with Crippen molar-refractivity contribution in [1.82, 2.24) is 15.1 Å². The highest BCUT2D eigenvalue weighted by molar-refractivity contribution is 7.07. The summed E-state index contributed by atoms with van der Waals surface area (Å²) in [5.74, 6) is -0.724. The van der Waals surface area contributed by atoms with Crippen LogP contribution in [0.4, 0.5) is 13.2 Å². The Labute approximate surface area is 162 Å². The zero-order chi connectivity index (χ0) is 20.3. The van der Waals surface area contributed by atoms with E-state index in [0.29, 0.717) is 6.42 Å². The third kappa shape index (κ3) is 4.30. The molecule has 146 valence electrons. The summed E-state index contributed by atoms with van der Waals surface area (Å²) in [6, 6.07) is 7.89. The van der Waals surface area contributed by atoms with Crippen molar-refractivity contribution in [2.45, 2.75) is 19.5 Å². The molecule has 0 aliphatic rings. The lowest BCUT2D eigenvalue weighted by molar-refractivity contribution is -0.137. The largest absolute Gasteiger partial charge is 0.418 e. The monoisotopic (exact) mass is 407 g/mol. The molecule has 1 aromatic carbocycles. The zero-order valence-corrected chi connectivity index (χ0v) is 15.6.